The maximum Gasteiger partial charge on any atom is 0.254 e. The molecule has 0 atom stereocenters. The van der Waals surface area contributed by atoms with E-state index in [9.17, 15) is 9.59 Å². The molecule has 2 amide bonds. The highest BCUT2D eigenvalue weighted by Gasteiger charge is 2.49. The van der Waals surface area contributed by atoms with E-state index in [1.807, 2.05) is 4.90 Å². The number of carbonyl (C=O) groups excluding carboxylic acids is 2. The summed E-state index contributed by atoms with van der Waals surface area (Å²) in [6, 6.07) is 10.5. The van der Waals surface area contributed by atoms with E-state index in [1.54, 1.807) is 41.3 Å². The third-order valence-corrected chi connectivity index (χ3v) is 6.05. The van der Waals surface area contributed by atoms with Crippen LogP contribution in [0.5, 0.6) is 11.6 Å². The van der Waals surface area contributed by atoms with Crippen molar-refractivity contribution in [2.45, 2.75) is 24.8 Å². The molecule has 6 nitrogen and oxygen atoms in total. The molecule has 3 heterocycles. The molecular formula is C22H22ClN3O3. The molecule has 7 heteroatoms. The van der Waals surface area contributed by atoms with Crippen molar-refractivity contribution >= 4 is 23.4 Å². The van der Waals surface area contributed by atoms with E-state index in [0.717, 1.165) is 25.8 Å². The number of carbonyl (C=O) groups is 2. The Morgan fingerprint density at radius 1 is 1.07 bits per heavy atom. The van der Waals surface area contributed by atoms with Crippen molar-refractivity contribution in [1.82, 2.24) is 14.8 Å². The first-order valence-corrected chi connectivity index (χ1v) is 10.0. The summed E-state index contributed by atoms with van der Waals surface area (Å²) in [6.45, 7) is 5.63. The van der Waals surface area contributed by atoms with E-state index in [-0.39, 0.29) is 17.4 Å². The van der Waals surface area contributed by atoms with Crippen LogP contribution in [0.1, 0.15) is 29.6 Å². The number of halogens is 1. The Balaban J connectivity index is 1.40. The van der Waals surface area contributed by atoms with Gasteiger partial charge in [-0.2, -0.15) is 0 Å². The molecule has 2 aliphatic rings. The van der Waals surface area contributed by atoms with E-state index in [0.29, 0.717) is 35.3 Å². The van der Waals surface area contributed by atoms with Gasteiger partial charge in [0.05, 0.1) is 5.02 Å². The van der Waals surface area contributed by atoms with Gasteiger partial charge in [-0.25, -0.2) is 4.98 Å². The predicted octanol–water partition coefficient (Wildman–Crippen LogP) is 3.92. The summed E-state index contributed by atoms with van der Waals surface area (Å²) in [7, 11) is 0. The molecule has 0 radical (unpaired) electrons. The number of aromatic nitrogens is 1. The molecule has 0 bridgehead atoms. The summed E-state index contributed by atoms with van der Waals surface area (Å²) in [5.41, 5.74) is 0.502. The highest BCUT2D eigenvalue weighted by atomic mass is 35.5. The van der Waals surface area contributed by atoms with Crippen LogP contribution < -0.4 is 4.74 Å². The predicted molar refractivity (Wildman–Crippen MR) is 110 cm³/mol. The van der Waals surface area contributed by atoms with Crippen LogP contribution in [0.25, 0.3) is 0 Å². The van der Waals surface area contributed by atoms with Crippen molar-refractivity contribution < 1.29 is 14.3 Å². The monoisotopic (exact) mass is 411 g/mol. The molecule has 1 aromatic carbocycles. The number of rotatable bonds is 4. The Morgan fingerprint density at radius 3 is 2.31 bits per heavy atom. The maximum atomic E-state index is 13.0. The molecule has 0 unspecified atom stereocenters. The molecule has 2 saturated heterocycles. The minimum absolute atomic E-state index is 0.0240. The molecular weight excluding hydrogens is 390 g/mol. The van der Waals surface area contributed by atoms with Crippen LogP contribution >= 0.6 is 11.6 Å². The first-order valence-electron chi connectivity index (χ1n) is 9.64. The topological polar surface area (TPSA) is 62.7 Å². The van der Waals surface area contributed by atoms with Crippen LogP contribution in [0.15, 0.2) is 55.3 Å². The van der Waals surface area contributed by atoms with Gasteiger partial charge in [0.1, 0.15) is 5.75 Å². The molecule has 2 aromatic rings. The Morgan fingerprint density at radius 2 is 1.76 bits per heavy atom. The molecule has 4 rings (SSSR count). The van der Waals surface area contributed by atoms with Crippen molar-refractivity contribution in [1.29, 1.82) is 0 Å². The van der Waals surface area contributed by atoms with E-state index >= 15 is 0 Å². The molecule has 0 aliphatic carbocycles. The number of nitrogens with zero attached hydrogens (tertiary/aromatic N) is 3. The number of piperidine rings is 1. The zero-order valence-electron chi connectivity index (χ0n) is 16.0. The van der Waals surface area contributed by atoms with Gasteiger partial charge in [0, 0.05) is 43.0 Å². The maximum absolute atomic E-state index is 13.0. The Hall–Kier alpha value is -2.86. The summed E-state index contributed by atoms with van der Waals surface area (Å²) >= 11 is 5.83. The number of benzene rings is 1. The SMILES string of the molecule is C=CC(=O)N1CCC2(CC1)CCN2C(=O)c1ccc(Oc2ccc(Cl)cn2)cc1. The number of hydrogen-bond donors (Lipinski definition) is 0. The Kier molecular flexibility index (Phi) is 5.28. The van der Waals surface area contributed by atoms with Gasteiger partial charge in [-0.15, -0.1) is 0 Å². The van der Waals surface area contributed by atoms with E-state index in [2.05, 4.69) is 11.6 Å². The first kappa shape index (κ1) is 19.5. The minimum Gasteiger partial charge on any atom is -0.439 e. The molecule has 150 valence electrons. The molecule has 1 aromatic heterocycles. The fourth-order valence-electron chi connectivity index (χ4n) is 4.01. The van der Waals surface area contributed by atoms with Gasteiger partial charge in [-0.1, -0.05) is 18.2 Å². The second kappa shape index (κ2) is 7.87. The van der Waals surface area contributed by atoms with Gasteiger partial charge in [0.2, 0.25) is 11.8 Å². The lowest BCUT2D eigenvalue weighted by Crippen LogP contribution is -2.66. The van der Waals surface area contributed by atoms with E-state index in [4.69, 9.17) is 16.3 Å². The summed E-state index contributed by atoms with van der Waals surface area (Å²) in [5.74, 6) is 1.03. The lowest BCUT2D eigenvalue weighted by Gasteiger charge is -2.56. The standard InChI is InChI=1S/C22H22ClN3O3/c1-2-20(27)25-12-9-22(10-13-25)11-14-26(22)21(28)16-3-6-18(7-4-16)29-19-8-5-17(23)15-24-19/h2-8,15H,1,9-14H2. The highest BCUT2D eigenvalue weighted by molar-refractivity contribution is 6.30. The van der Waals surface area contributed by atoms with E-state index < -0.39 is 0 Å². The average Bonchev–Trinajstić information content (AvgIpc) is 2.74. The summed E-state index contributed by atoms with van der Waals surface area (Å²) < 4.78 is 5.68. The fraction of sp³-hybridized carbons (Fsp3) is 0.318. The van der Waals surface area contributed by atoms with Gasteiger partial charge in [0.25, 0.3) is 5.91 Å². The quantitative estimate of drug-likeness (QED) is 0.715. The van der Waals surface area contributed by atoms with Crippen LogP contribution in [0.4, 0.5) is 0 Å². The number of ether oxygens (including phenoxy) is 1. The summed E-state index contributed by atoms with van der Waals surface area (Å²) in [4.78, 5) is 32.7. The number of pyridine rings is 1. The molecule has 29 heavy (non-hydrogen) atoms. The van der Waals surface area contributed by atoms with Crippen LogP contribution in [-0.4, -0.2) is 51.8 Å². The van der Waals surface area contributed by atoms with Crippen LogP contribution in [0, 0.1) is 0 Å². The lowest BCUT2D eigenvalue weighted by molar-refractivity contribution is -0.130. The lowest BCUT2D eigenvalue weighted by atomic mass is 9.76. The average molecular weight is 412 g/mol. The van der Waals surface area contributed by atoms with Crippen molar-refractivity contribution in [3.8, 4) is 11.6 Å². The third kappa shape index (κ3) is 3.85. The normalized spacial score (nSPS) is 17.6. The molecule has 1 spiro atoms. The van der Waals surface area contributed by atoms with Crippen molar-refractivity contribution in [2.24, 2.45) is 0 Å². The van der Waals surface area contributed by atoms with Crippen LogP contribution in [0.3, 0.4) is 0 Å². The first-order chi connectivity index (χ1) is 14.0. The van der Waals surface area contributed by atoms with Crippen LogP contribution in [-0.2, 0) is 4.79 Å². The molecule has 2 aliphatic heterocycles. The van der Waals surface area contributed by atoms with Crippen molar-refractivity contribution in [2.75, 3.05) is 19.6 Å². The second-order valence-electron chi connectivity index (χ2n) is 7.40. The molecule has 2 fully saturated rings. The number of likely N-dealkylation sites (tertiary alicyclic amines) is 2. The van der Waals surface area contributed by atoms with Gasteiger partial charge >= 0.3 is 0 Å². The second-order valence-corrected chi connectivity index (χ2v) is 7.84. The van der Waals surface area contributed by atoms with Gasteiger partial charge < -0.3 is 14.5 Å². The molecule has 0 N–H and O–H groups in total. The smallest absolute Gasteiger partial charge is 0.254 e. The van der Waals surface area contributed by atoms with Gasteiger partial charge in [-0.3, -0.25) is 9.59 Å². The Labute approximate surface area is 174 Å². The highest BCUT2D eigenvalue weighted by Crippen LogP contribution is 2.41. The van der Waals surface area contributed by atoms with Crippen molar-refractivity contribution in [3.63, 3.8) is 0 Å². The number of amides is 2. The largest absolute Gasteiger partial charge is 0.439 e. The fourth-order valence-corrected chi connectivity index (χ4v) is 4.13. The van der Waals surface area contributed by atoms with Gasteiger partial charge in [0.15, 0.2) is 0 Å². The Bertz CT molecular complexity index is 919. The number of hydrogen-bond acceptors (Lipinski definition) is 4. The summed E-state index contributed by atoms with van der Waals surface area (Å²) in [5, 5.41) is 0.543. The minimum atomic E-state index is -0.128. The van der Waals surface area contributed by atoms with Gasteiger partial charge in [-0.05, 0) is 55.7 Å². The zero-order valence-corrected chi connectivity index (χ0v) is 16.8. The summed E-state index contributed by atoms with van der Waals surface area (Å²) in [6.07, 6.45) is 5.47. The third-order valence-electron chi connectivity index (χ3n) is 5.82. The van der Waals surface area contributed by atoms with Crippen LogP contribution in [0.2, 0.25) is 5.02 Å². The van der Waals surface area contributed by atoms with Crippen molar-refractivity contribution in [3.05, 3.63) is 65.8 Å². The van der Waals surface area contributed by atoms with E-state index in [1.165, 1.54) is 12.3 Å². The zero-order chi connectivity index (χ0) is 20.4. The molecule has 0 saturated carbocycles.